The number of nitrogens with zero attached hydrogens (tertiary/aromatic N) is 3. The molecule has 2 heterocycles. The van der Waals surface area contributed by atoms with Gasteiger partial charge in [-0.05, 0) is 36.2 Å². The summed E-state index contributed by atoms with van der Waals surface area (Å²) in [6, 6.07) is 15.3. The third-order valence-electron chi connectivity index (χ3n) is 5.36. The fourth-order valence-electron chi connectivity index (χ4n) is 3.80. The molecule has 0 bridgehead atoms. The van der Waals surface area contributed by atoms with Crippen LogP contribution in [0.5, 0.6) is 11.8 Å². The van der Waals surface area contributed by atoms with Gasteiger partial charge in [-0.1, -0.05) is 30.3 Å². The van der Waals surface area contributed by atoms with Gasteiger partial charge >= 0.3 is 6.09 Å². The van der Waals surface area contributed by atoms with Crippen LogP contribution in [-0.4, -0.2) is 51.6 Å². The molecule has 1 saturated heterocycles. The minimum absolute atomic E-state index is 0.00426. The van der Waals surface area contributed by atoms with Gasteiger partial charge in [0.15, 0.2) is 0 Å². The van der Waals surface area contributed by atoms with Crippen LogP contribution in [0.1, 0.15) is 11.1 Å². The number of ether oxygens (including phenoxy) is 1. The molecule has 4 rings (SSSR count). The average molecular weight is 437 g/mol. The predicted octanol–water partition coefficient (Wildman–Crippen LogP) is 3.24. The van der Waals surface area contributed by atoms with E-state index in [4.69, 9.17) is 4.74 Å². The second kappa shape index (κ2) is 8.64. The summed E-state index contributed by atoms with van der Waals surface area (Å²) in [5.74, 6) is -0.860. The molecule has 9 heteroatoms. The SMILES string of the molecule is Cc1cc(-n2c(O)cc(N(Cc3ccccc3)C(=O)O)c2O)ccc1N1CCOCC1=O. The number of carbonyl (C=O) groups is 2. The van der Waals surface area contributed by atoms with Gasteiger partial charge in [-0.15, -0.1) is 0 Å². The number of aryl methyl sites for hydroxylation is 1. The Labute approximate surface area is 184 Å². The zero-order valence-corrected chi connectivity index (χ0v) is 17.4. The van der Waals surface area contributed by atoms with Crippen molar-refractivity contribution < 1.29 is 29.6 Å². The summed E-state index contributed by atoms with van der Waals surface area (Å²) >= 11 is 0. The summed E-state index contributed by atoms with van der Waals surface area (Å²) in [7, 11) is 0. The molecule has 2 amide bonds. The molecule has 1 fully saturated rings. The average Bonchev–Trinajstić information content (AvgIpc) is 3.06. The van der Waals surface area contributed by atoms with Crippen LogP contribution in [-0.2, 0) is 16.1 Å². The molecule has 9 nitrogen and oxygen atoms in total. The number of hydrogen-bond acceptors (Lipinski definition) is 5. The summed E-state index contributed by atoms with van der Waals surface area (Å²) in [6.45, 7) is 2.73. The molecule has 3 aromatic rings. The van der Waals surface area contributed by atoms with Gasteiger partial charge in [-0.2, -0.15) is 0 Å². The van der Waals surface area contributed by atoms with Gasteiger partial charge in [0.05, 0.1) is 18.8 Å². The van der Waals surface area contributed by atoms with E-state index >= 15 is 0 Å². The molecule has 0 spiro atoms. The van der Waals surface area contributed by atoms with E-state index in [1.54, 1.807) is 47.4 Å². The highest BCUT2D eigenvalue weighted by molar-refractivity contribution is 5.95. The van der Waals surface area contributed by atoms with Crippen LogP contribution in [0.2, 0.25) is 0 Å². The third kappa shape index (κ3) is 3.97. The second-order valence-electron chi connectivity index (χ2n) is 7.47. The third-order valence-corrected chi connectivity index (χ3v) is 5.36. The number of aromatic hydroxyl groups is 2. The van der Waals surface area contributed by atoms with E-state index in [9.17, 15) is 24.9 Å². The van der Waals surface area contributed by atoms with Gasteiger partial charge < -0.3 is 25.0 Å². The molecule has 1 aliphatic heterocycles. The lowest BCUT2D eigenvalue weighted by Gasteiger charge is -2.28. The summed E-state index contributed by atoms with van der Waals surface area (Å²) in [5, 5.41) is 31.1. The van der Waals surface area contributed by atoms with Gasteiger partial charge in [-0.3, -0.25) is 9.69 Å². The van der Waals surface area contributed by atoms with E-state index in [0.29, 0.717) is 24.5 Å². The van der Waals surface area contributed by atoms with E-state index in [1.807, 2.05) is 13.0 Å². The van der Waals surface area contributed by atoms with Gasteiger partial charge in [-0.25, -0.2) is 9.36 Å². The maximum Gasteiger partial charge on any atom is 0.412 e. The van der Waals surface area contributed by atoms with E-state index in [2.05, 4.69) is 0 Å². The van der Waals surface area contributed by atoms with Crippen molar-refractivity contribution in [2.45, 2.75) is 13.5 Å². The Morgan fingerprint density at radius 1 is 1.12 bits per heavy atom. The van der Waals surface area contributed by atoms with E-state index < -0.39 is 12.0 Å². The van der Waals surface area contributed by atoms with Crippen molar-refractivity contribution in [1.29, 1.82) is 0 Å². The molecule has 0 saturated carbocycles. The fraction of sp³-hybridized carbons (Fsp3) is 0.217. The van der Waals surface area contributed by atoms with E-state index in [1.165, 1.54) is 6.07 Å². The zero-order chi connectivity index (χ0) is 22.8. The van der Waals surface area contributed by atoms with Crippen LogP contribution in [0, 0.1) is 6.92 Å². The standard InChI is InChI=1S/C23H23N3O6/c1-15-11-17(7-8-18(15)24-9-10-32-14-21(24)28)26-20(27)12-19(22(26)29)25(23(30)31)13-16-5-3-2-4-6-16/h2-8,11-12,27,29H,9-10,13-14H2,1H3,(H,30,31). The van der Waals surface area contributed by atoms with Crippen LogP contribution in [0.3, 0.4) is 0 Å². The number of anilines is 2. The number of amides is 2. The topological polar surface area (TPSA) is 115 Å². The van der Waals surface area contributed by atoms with Gasteiger partial charge in [0.25, 0.3) is 5.91 Å². The molecule has 2 aromatic carbocycles. The molecular weight excluding hydrogens is 414 g/mol. The Kier molecular flexibility index (Phi) is 5.74. The second-order valence-corrected chi connectivity index (χ2v) is 7.47. The number of carbonyl (C=O) groups excluding carboxylic acids is 1. The Hall–Kier alpha value is -3.98. The van der Waals surface area contributed by atoms with Gasteiger partial charge in [0.2, 0.25) is 11.8 Å². The van der Waals surface area contributed by atoms with Gasteiger partial charge in [0.1, 0.15) is 12.3 Å². The Morgan fingerprint density at radius 2 is 1.88 bits per heavy atom. The first-order chi connectivity index (χ1) is 15.4. The quantitative estimate of drug-likeness (QED) is 0.564. The summed E-state index contributed by atoms with van der Waals surface area (Å²) in [4.78, 5) is 26.7. The van der Waals surface area contributed by atoms with Gasteiger partial charge in [0, 0.05) is 18.3 Å². The van der Waals surface area contributed by atoms with Crippen molar-refractivity contribution >= 4 is 23.4 Å². The lowest BCUT2D eigenvalue weighted by atomic mass is 10.1. The maximum atomic E-state index is 12.2. The highest BCUT2D eigenvalue weighted by atomic mass is 16.5. The zero-order valence-electron chi connectivity index (χ0n) is 17.4. The maximum absolute atomic E-state index is 12.2. The first-order valence-corrected chi connectivity index (χ1v) is 10.0. The Bertz CT molecular complexity index is 1160. The van der Waals surface area contributed by atoms with Crippen LogP contribution in [0.25, 0.3) is 5.69 Å². The van der Waals surface area contributed by atoms with Crippen molar-refractivity contribution in [1.82, 2.24) is 4.57 Å². The molecule has 0 atom stereocenters. The molecule has 32 heavy (non-hydrogen) atoms. The summed E-state index contributed by atoms with van der Waals surface area (Å²) < 4.78 is 6.33. The smallest absolute Gasteiger partial charge is 0.412 e. The highest BCUT2D eigenvalue weighted by Crippen LogP contribution is 2.39. The first kappa shape index (κ1) is 21.3. The number of rotatable bonds is 5. The Morgan fingerprint density at radius 3 is 2.53 bits per heavy atom. The molecule has 166 valence electrons. The molecular formula is C23H23N3O6. The van der Waals surface area contributed by atoms with Crippen LogP contribution < -0.4 is 9.80 Å². The largest absolute Gasteiger partial charge is 0.494 e. The minimum atomic E-state index is -1.27. The molecule has 3 N–H and O–H groups in total. The predicted molar refractivity (Wildman–Crippen MR) is 118 cm³/mol. The number of carboxylic acid groups (broad SMARTS) is 1. The molecule has 1 aliphatic rings. The summed E-state index contributed by atoms with van der Waals surface area (Å²) in [6.07, 6.45) is -1.27. The lowest BCUT2D eigenvalue weighted by molar-refractivity contribution is -0.125. The highest BCUT2D eigenvalue weighted by Gasteiger charge is 2.26. The van der Waals surface area contributed by atoms with E-state index in [-0.39, 0.29) is 30.6 Å². The van der Waals surface area contributed by atoms with Crippen LogP contribution >= 0.6 is 0 Å². The van der Waals surface area contributed by atoms with Crippen molar-refractivity contribution in [2.75, 3.05) is 29.6 Å². The van der Waals surface area contributed by atoms with Crippen molar-refractivity contribution in [3.63, 3.8) is 0 Å². The molecule has 0 radical (unpaired) electrons. The Balaban J connectivity index is 1.68. The van der Waals surface area contributed by atoms with E-state index in [0.717, 1.165) is 20.6 Å². The number of morpholine rings is 1. The first-order valence-electron chi connectivity index (χ1n) is 10.0. The summed E-state index contributed by atoms with van der Waals surface area (Å²) in [5.41, 5.74) is 2.59. The number of benzene rings is 2. The number of hydrogen-bond donors (Lipinski definition) is 3. The van der Waals surface area contributed by atoms with Crippen molar-refractivity contribution in [3.05, 3.63) is 65.7 Å². The normalized spacial score (nSPS) is 13.9. The molecule has 0 unspecified atom stereocenters. The monoisotopic (exact) mass is 437 g/mol. The molecule has 1 aromatic heterocycles. The van der Waals surface area contributed by atoms with Crippen molar-refractivity contribution in [2.24, 2.45) is 0 Å². The number of aromatic nitrogens is 1. The van der Waals surface area contributed by atoms with Crippen LogP contribution in [0.4, 0.5) is 16.2 Å². The molecule has 0 aliphatic carbocycles. The van der Waals surface area contributed by atoms with Crippen LogP contribution in [0.15, 0.2) is 54.6 Å². The van der Waals surface area contributed by atoms with Crippen molar-refractivity contribution in [3.8, 4) is 17.4 Å². The fourth-order valence-corrected chi connectivity index (χ4v) is 3.80. The lowest BCUT2D eigenvalue weighted by Crippen LogP contribution is -2.42. The minimum Gasteiger partial charge on any atom is -0.494 e.